The highest BCUT2D eigenvalue weighted by Crippen LogP contribution is 2.43. The molecule has 0 bridgehead atoms. The summed E-state index contributed by atoms with van der Waals surface area (Å²) >= 11 is 0. The Morgan fingerprint density at radius 3 is 1.71 bits per heavy atom. The van der Waals surface area contributed by atoms with Crippen LogP contribution in [0.1, 0.15) is 123 Å². The summed E-state index contributed by atoms with van der Waals surface area (Å²) in [4.78, 5) is 22.3. The Morgan fingerprint density at radius 2 is 1.14 bits per heavy atom. The van der Waals surface area contributed by atoms with Crippen LogP contribution in [0.3, 0.4) is 0 Å². The van der Waals surface area contributed by atoms with Crippen LogP contribution >= 0.6 is 7.82 Å². The normalized spacial score (nSPS) is 14.6. The lowest BCUT2D eigenvalue weighted by Crippen LogP contribution is -2.28. The molecule has 8 nitrogen and oxygen atoms in total. The number of hydrogen-bond donors (Lipinski definition) is 2. The number of ether oxygens (including phenoxy) is 2. The summed E-state index contributed by atoms with van der Waals surface area (Å²) in [6.07, 6.45) is 46.1. The molecule has 0 aliphatic rings. The number of hydrogen-bond acceptors (Lipinski definition) is 7. The molecule has 280 valence electrons. The average Bonchev–Trinajstić information content (AvgIpc) is 3.09. The zero-order chi connectivity index (χ0) is 35.9. The van der Waals surface area contributed by atoms with Gasteiger partial charge in [-0.25, -0.2) is 4.57 Å². The highest BCUT2D eigenvalue weighted by atomic mass is 31.2. The number of esters is 1. The number of allylic oxidation sites excluding steroid dienone is 14. The van der Waals surface area contributed by atoms with Crippen molar-refractivity contribution in [3.63, 3.8) is 0 Å². The average molecular weight is 706 g/mol. The fourth-order valence-corrected chi connectivity index (χ4v) is 5.14. The van der Waals surface area contributed by atoms with Gasteiger partial charge in [-0.05, 0) is 70.6 Å². The minimum absolute atomic E-state index is 0.0760. The van der Waals surface area contributed by atoms with E-state index in [1.54, 1.807) is 0 Å². The van der Waals surface area contributed by atoms with E-state index in [9.17, 15) is 14.3 Å². The van der Waals surface area contributed by atoms with Crippen LogP contribution in [0.4, 0.5) is 0 Å². The number of phosphoric acid groups is 1. The topological polar surface area (TPSA) is 117 Å². The molecule has 9 heteroatoms. The smallest absolute Gasteiger partial charge is 0.457 e. The van der Waals surface area contributed by atoms with E-state index in [1.165, 1.54) is 25.7 Å². The van der Waals surface area contributed by atoms with Gasteiger partial charge in [-0.15, -0.1) is 0 Å². The van der Waals surface area contributed by atoms with Crippen molar-refractivity contribution in [2.45, 2.75) is 129 Å². The zero-order valence-corrected chi connectivity index (χ0v) is 31.5. The van der Waals surface area contributed by atoms with Crippen LogP contribution in [-0.2, 0) is 27.9 Å². The molecule has 2 unspecified atom stereocenters. The molecule has 0 rings (SSSR count). The molecular formula is C40H68NO7P. The minimum atomic E-state index is -4.30. The van der Waals surface area contributed by atoms with Gasteiger partial charge in [0.05, 0.1) is 19.8 Å². The Balaban J connectivity index is 4.27. The van der Waals surface area contributed by atoms with Gasteiger partial charge in [0, 0.05) is 19.6 Å². The number of unbranched alkanes of at least 4 members (excludes halogenated alkanes) is 7. The summed E-state index contributed by atoms with van der Waals surface area (Å²) in [7, 11) is -4.30. The van der Waals surface area contributed by atoms with Crippen LogP contribution in [0.25, 0.3) is 0 Å². The predicted molar refractivity (Wildman–Crippen MR) is 205 cm³/mol. The molecule has 2 atom stereocenters. The number of rotatable bonds is 34. The van der Waals surface area contributed by atoms with E-state index >= 15 is 0 Å². The zero-order valence-electron chi connectivity index (χ0n) is 30.6. The maximum Gasteiger partial charge on any atom is 0.472 e. The largest absolute Gasteiger partial charge is 0.472 e. The molecule has 0 aromatic carbocycles. The highest BCUT2D eigenvalue weighted by molar-refractivity contribution is 7.47. The van der Waals surface area contributed by atoms with Crippen LogP contribution in [0.5, 0.6) is 0 Å². The molecule has 0 radical (unpaired) electrons. The molecular weight excluding hydrogens is 637 g/mol. The lowest BCUT2D eigenvalue weighted by atomic mass is 10.1. The van der Waals surface area contributed by atoms with E-state index in [4.69, 9.17) is 24.3 Å². The Labute approximate surface area is 298 Å². The van der Waals surface area contributed by atoms with E-state index in [0.717, 1.165) is 70.6 Å². The Morgan fingerprint density at radius 1 is 0.633 bits per heavy atom. The molecule has 0 aliphatic heterocycles. The first-order valence-electron chi connectivity index (χ1n) is 18.6. The second-order valence-electron chi connectivity index (χ2n) is 11.7. The fraction of sp³-hybridized carbons (Fsp3) is 0.625. The van der Waals surface area contributed by atoms with E-state index < -0.39 is 19.9 Å². The van der Waals surface area contributed by atoms with Gasteiger partial charge < -0.3 is 20.1 Å². The molecule has 0 saturated carbocycles. The van der Waals surface area contributed by atoms with Gasteiger partial charge in [-0.2, -0.15) is 0 Å². The van der Waals surface area contributed by atoms with Crippen LogP contribution in [-0.4, -0.2) is 49.9 Å². The third kappa shape index (κ3) is 36.8. The van der Waals surface area contributed by atoms with Crippen molar-refractivity contribution in [3.8, 4) is 0 Å². The third-order valence-corrected chi connectivity index (χ3v) is 8.03. The molecule has 3 N–H and O–H groups in total. The van der Waals surface area contributed by atoms with Crippen molar-refractivity contribution in [2.24, 2.45) is 5.73 Å². The number of carbonyl (C=O) groups excluding carboxylic acids is 1. The monoisotopic (exact) mass is 705 g/mol. The minimum Gasteiger partial charge on any atom is -0.457 e. The lowest BCUT2D eigenvalue weighted by Gasteiger charge is -2.19. The Hall–Kier alpha value is -2.32. The maximum atomic E-state index is 12.5. The van der Waals surface area contributed by atoms with Gasteiger partial charge in [-0.1, -0.05) is 131 Å². The first kappa shape index (κ1) is 46.7. The van der Waals surface area contributed by atoms with Gasteiger partial charge in [0.1, 0.15) is 6.10 Å². The van der Waals surface area contributed by atoms with Crippen LogP contribution in [0.2, 0.25) is 0 Å². The van der Waals surface area contributed by atoms with E-state index in [2.05, 4.69) is 86.8 Å². The fourth-order valence-electron chi connectivity index (χ4n) is 4.37. The van der Waals surface area contributed by atoms with Gasteiger partial charge in [0.15, 0.2) is 0 Å². The third-order valence-electron chi connectivity index (χ3n) is 7.04. The summed E-state index contributed by atoms with van der Waals surface area (Å²) in [5, 5.41) is 0. The van der Waals surface area contributed by atoms with Gasteiger partial charge in [-0.3, -0.25) is 13.8 Å². The van der Waals surface area contributed by atoms with Crippen molar-refractivity contribution in [3.05, 3.63) is 85.1 Å². The summed E-state index contributed by atoms with van der Waals surface area (Å²) in [6.45, 7) is 4.59. The van der Waals surface area contributed by atoms with Crippen molar-refractivity contribution in [1.82, 2.24) is 0 Å². The van der Waals surface area contributed by atoms with E-state index in [1.807, 2.05) is 12.2 Å². The maximum absolute atomic E-state index is 12.5. The van der Waals surface area contributed by atoms with Crippen molar-refractivity contribution >= 4 is 13.8 Å². The second kappa shape index (κ2) is 36.9. The first-order chi connectivity index (χ1) is 23.9. The first-order valence-corrected chi connectivity index (χ1v) is 20.1. The van der Waals surface area contributed by atoms with Crippen LogP contribution < -0.4 is 5.73 Å². The molecule has 49 heavy (non-hydrogen) atoms. The van der Waals surface area contributed by atoms with Gasteiger partial charge in [0.25, 0.3) is 0 Å². The lowest BCUT2D eigenvalue weighted by molar-refractivity contribution is -0.154. The van der Waals surface area contributed by atoms with Crippen LogP contribution in [0, 0.1) is 0 Å². The molecule has 0 spiro atoms. The second-order valence-corrected chi connectivity index (χ2v) is 13.2. The molecule has 0 amide bonds. The standard InChI is InChI=1S/C40H68NO7P/c1-3-5-7-9-11-13-15-16-17-18-19-20-21-22-23-25-27-29-31-33-40(42)48-39(38-47-49(43,44)46-36-34-41)37-45-35-32-30-28-26-24-14-12-10-8-6-4-2/h5,7-8,10-11,13,16-17,19-20,22-23,27,29,39H,3-4,6,9,12,14-15,18,21,24-26,28,30-38,41H2,1-2H3,(H,43,44)/b7-5-,10-8-,13-11-,17-16-,20-19-,23-22-,29-27-. The highest BCUT2D eigenvalue weighted by Gasteiger charge is 2.25. The molecule has 0 aromatic heterocycles. The quantitative estimate of drug-likeness (QED) is 0.0294. The summed E-state index contributed by atoms with van der Waals surface area (Å²) < 4.78 is 33.1. The molecule has 0 aromatic rings. The Kier molecular flexibility index (Phi) is 35.2. The van der Waals surface area contributed by atoms with Gasteiger partial charge in [0.2, 0.25) is 0 Å². The number of nitrogens with two attached hydrogens (primary N) is 1. The summed E-state index contributed by atoms with van der Waals surface area (Å²) in [6, 6.07) is 0. The predicted octanol–water partition coefficient (Wildman–Crippen LogP) is 10.6. The van der Waals surface area contributed by atoms with Gasteiger partial charge >= 0.3 is 13.8 Å². The molecule has 0 heterocycles. The van der Waals surface area contributed by atoms with E-state index in [-0.39, 0.29) is 32.8 Å². The summed E-state index contributed by atoms with van der Waals surface area (Å²) in [5.74, 6) is -0.420. The van der Waals surface area contributed by atoms with Crippen molar-refractivity contribution in [2.75, 3.05) is 33.0 Å². The van der Waals surface area contributed by atoms with Crippen molar-refractivity contribution in [1.29, 1.82) is 0 Å². The summed E-state index contributed by atoms with van der Waals surface area (Å²) in [5.41, 5.74) is 5.34. The Bertz CT molecular complexity index is 1020. The van der Waals surface area contributed by atoms with E-state index in [0.29, 0.717) is 13.0 Å². The SMILES string of the molecule is CC/C=C\C/C=C\C/C=C\C/C=C\C/C=C\C/C=C\CCC(=O)OC(COCCCCCCCC/C=C\CCC)COP(=O)(O)OCCN. The van der Waals surface area contributed by atoms with Crippen molar-refractivity contribution < 1.29 is 32.8 Å². The van der Waals surface area contributed by atoms with Crippen LogP contribution in [0.15, 0.2) is 85.1 Å². The number of carbonyl (C=O) groups is 1. The number of phosphoric ester groups is 1. The molecule has 0 fully saturated rings. The molecule has 0 aliphatic carbocycles. The molecule has 0 saturated heterocycles.